The van der Waals surface area contributed by atoms with Crippen molar-refractivity contribution in [2.45, 2.75) is 49.9 Å². The number of ether oxygens (including phenoxy) is 2. The number of amides is 2. The second-order valence-corrected chi connectivity index (χ2v) is 10.1. The molecule has 6 nitrogen and oxygen atoms in total. The number of benzene rings is 2. The second kappa shape index (κ2) is 6.72. The Bertz CT molecular complexity index is 1010. The number of piperazine rings is 1. The molecule has 4 aliphatic rings. The van der Waals surface area contributed by atoms with Gasteiger partial charge in [0.15, 0.2) is 0 Å². The Morgan fingerprint density at radius 2 is 1.17 bits per heavy atom. The highest BCUT2D eigenvalue weighted by Gasteiger charge is 2.57. The van der Waals surface area contributed by atoms with Crippen LogP contribution in [0.4, 0.5) is 9.59 Å². The molecular weight excluding hydrogens is 516 g/mol. The van der Waals surface area contributed by atoms with Crippen LogP contribution in [0.25, 0.3) is 0 Å². The molecule has 8 heteroatoms. The third kappa shape index (κ3) is 2.59. The zero-order valence-electron chi connectivity index (χ0n) is 15.9. The van der Waals surface area contributed by atoms with E-state index in [9.17, 15) is 9.59 Å². The highest BCUT2D eigenvalue weighted by Crippen LogP contribution is 2.56. The van der Waals surface area contributed by atoms with Crippen LogP contribution in [0.5, 0.6) is 11.5 Å². The number of hydrogen-bond donors (Lipinski definition) is 0. The van der Waals surface area contributed by atoms with Crippen LogP contribution in [0, 0.1) is 0 Å². The number of hydrogen-bond acceptors (Lipinski definition) is 4. The minimum absolute atomic E-state index is 0.0825. The monoisotopic (exact) mass is 532 g/mol. The van der Waals surface area contributed by atoms with E-state index in [0.29, 0.717) is 11.5 Å². The molecule has 4 atom stereocenters. The standard InChI is InChI=1S/C22H18Br2N2O4/c23-11-5-7-17-13(9-11)19-20-14-10-12(24)6-8-18(14)30-22(28)26(20)16-4-2-1-3-15(16)25(19)21(27)29-17/h5-10,15-16,19-20H,1-4H2/t15-,16-,19?,20?/m0/s1. The first kappa shape index (κ1) is 18.7. The van der Waals surface area contributed by atoms with Gasteiger partial charge in [0.25, 0.3) is 0 Å². The van der Waals surface area contributed by atoms with Gasteiger partial charge in [-0.2, -0.15) is 0 Å². The summed E-state index contributed by atoms with van der Waals surface area (Å²) in [4.78, 5) is 30.2. The smallest absolute Gasteiger partial charge is 0.410 e. The van der Waals surface area contributed by atoms with E-state index in [1.807, 2.05) is 46.2 Å². The summed E-state index contributed by atoms with van der Waals surface area (Å²) in [5.41, 5.74) is 1.81. The van der Waals surface area contributed by atoms with Gasteiger partial charge < -0.3 is 9.47 Å². The van der Waals surface area contributed by atoms with Gasteiger partial charge in [-0.05, 0) is 49.2 Å². The van der Waals surface area contributed by atoms with Crippen LogP contribution in [0.1, 0.15) is 48.9 Å². The maximum Gasteiger partial charge on any atom is 0.416 e. The Labute approximate surface area is 190 Å². The van der Waals surface area contributed by atoms with Crippen LogP contribution in [0.3, 0.4) is 0 Å². The molecule has 30 heavy (non-hydrogen) atoms. The average molecular weight is 534 g/mol. The first-order valence-electron chi connectivity index (χ1n) is 10.1. The molecule has 3 heterocycles. The summed E-state index contributed by atoms with van der Waals surface area (Å²) >= 11 is 7.12. The van der Waals surface area contributed by atoms with E-state index in [-0.39, 0.29) is 36.4 Å². The highest BCUT2D eigenvalue weighted by molar-refractivity contribution is 9.10. The number of carbonyl (C=O) groups excluding carboxylic acids is 2. The van der Waals surface area contributed by atoms with Gasteiger partial charge in [0.1, 0.15) is 11.5 Å². The average Bonchev–Trinajstić information content (AvgIpc) is 2.74. The van der Waals surface area contributed by atoms with E-state index in [2.05, 4.69) is 31.9 Å². The zero-order valence-corrected chi connectivity index (χ0v) is 19.1. The van der Waals surface area contributed by atoms with E-state index in [1.54, 1.807) is 0 Å². The van der Waals surface area contributed by atoms with Gasteiger partial charge in [0, 0.05) is 20.1 Å². The molecule has 154 valence electrons. The molecule has 2 aromatic carbocycles. The van der Waals surface area contributed by atoms with Crippen molar-refractivity contribution in [3.05, 3.63) is 56.5 Å². The predicted molar refractivity (Wildman–Crippen MR) is 116 cm³/mol. The molecule has 1 saturated carbocycles. The van der Waals surface area contributed by atoms with Crippen LogP contribution in [-0.2, 0) is 0 Å². The van der Waals surface area contributed by atoms with E-state index in [1.165, 1.54) is 0 Å². The first-order chi connectivity index (χ1) is 14.5. The maximum absolute atomic E-state index is 13.2. The van der Waals surface area contributed by atoms with Crippen molar-refractivity contribution in [3.63, 3.8) is 0 Å². The SMILES string of the molecule is O=C1Oc2ccc(Br)cc2C2C3c4cc(Br)ccc4OC(=O)N3[C@H]3CCCC[C@@H]3N12. The van der Waals surface area contributed by atoms with Crippen LogP contribution in [0.2, 0.25) is 0 Å². The summed E-state index contributed by atoms with van der Waals surface area (Å²) in [6.07, 6.45) is 3.09. The fraction of sp³-hybridized carbons (Fsp3) is 0.364. The van der Waals surface area contributed by atoms with Gasteiger partial charge in [0.2, 0.25) is 0 Å². The molecule has 2 amide bonds. The van der Waals surface area contributed by atoms with Gasteiger partial charge in [-0.3, -0.25) is 9.80 Å². The fourth-order valence-corrected chi connectivity index (χ4v) is 6.33. The maximum atomic E-state index is 13.2. The molecule has 0 aromatic heterocycles. The summed E-state index contributed by atoms with van der Waals surface area (Å²) in [6.45, 7) is 0. The number of carbonyl (C=O) groups is 2. The molecule has 0 bridgehead atoms. The van der Waals surface area contributed by atoms with Gasteiger partial charge in [0.05, 0.1) is 24.2 Å². The molecule has 1 saturated heterocycles. The van der Waals surface area contributed by atoms with Crippen molar-refractivity contribution >= 4 is 44.0 Å². The number of fused-ring (bicyclic) bond motifs is 10. The summed E-state index contributed by atoms with van der Waals surface area (Å²) in [5, 5.41) is 0. The van der Waals surface area contributed by atoms with Crippen molar-refractivity contribution in [1.82, 2.24) is 9.80 Å². The molecule has 0 N–H and O–H groups in total. The normalized spacial score (nSPS) is 29.0. The minimum atomic E-state index is -0.334. The minimum Gasteiger partial charge on any atom is -0.410 e. The lowest BCUT2D eigenvalue weighted by atomic mass is 9.77. The first-order valence-corrected chi connectivity index (χ1v) is 11.7. The molecular formula is C22H18Br2N2O4. The van der Waals surface area contributed by atoms with Crippen molar-refractivity contribution in [2.75, 3.05) is 0 Å². The third-order valence-electron chi connectivity index (χ3n) is 6.70. The van der Waals surface area contributed by atoms with Gasteiger partial charge in [-0.25, -0.2) is 9.59 Å². The molecule has 1 aliphatic carbocycles. The quantitative estimate of drug-likeness (QED) is 0.420. The lowest BCUT2D eigenvalue weighted by Crippen LogP contribution is -2.67. The Morgan fingerprint density at radius 3 is 1.60 bits per heavy atom. The third-order valence-corrected chi connectivity index (χ3v) is 7.69. The van der Waals surface area contributed by atoms with Crippen LogP contribution < -0.4 is 9.47 Å². The van der Waals surface area contributed by atoms with E-state index >= 15 is 0 Å². The number of rotatable bonds is 0. The zero-order chi connectivity index (χ0) is 20.6. The molecule has 3 aliphatic heterocycles. The Balaban J connectivity index is 1.62. The summed E-state index contributed by atoms with van der Waals surface area (Å²) < 4.78 is 13.3. The number of nitrogens with zero attached hydrogens (tertiary/aromatic N) is 2. The van der Waals surface area contributed by atoms with Crippen molar-refractivity contribution in [3.8, 4) is 11.5 Å². The van der Waals surface area contributed by atoms with E-state index in [4.69, 9.17) is 9.47 Å². The Kier molecular flexibility index (Phi) is 4.19. The predicted octanol–water partition coefficient (Wildman–Crippen LogP) is 5.95. The van der Waals surface area contributed by atoms with Crippen LogP contribution >= 0.6 is 31.9 Å². The number of halogens is 2. The molecule has 0 spiro atoms. The molecule has 2 fully saturated rings. The Morgan fingerprint density at radius 1 is 0.733 bits per heavy atom. The van der Waals surface area contributed by atoms with Crippen LogP contribution in [-0.4, -0.2) is 34.1 Å². The van der Waals surface area contributed by atoms with Gasteiger partial charge in [-0.1, -0.05) is 44.7 Å². The van der Waals surface area contributed by atoms with Gasteiger partial charge in [-0.15, -0.1) is 0 Å². The molecule has 2 aromatic rings. The summed E-state index contributed by atoms with van der Waals surface area (Å²) in [5.74, 6) is 1.10. The largest absolute Gasteiger partial charge is 0.416 e. The van der Waals surface area contributed by atoms with Crippen molar-refractivity contribution in [1.29, 1.82) is 0 Å². The molecule has 2 unspecified atom stereocenters. The lowest BCUT2D eigenvalue weighted by molar-refractivity contribution is -0.0673. The fourth-order valence-electron chi connectivity index (χ4n) is 5.58. The summed E-state index contributed by atoms with van der Waals surface area (Å²) in [7, 11) is 0. The van der Waals surface area contributed by atoms with E-state index in [0.717, 1.165) is 45.8 Å². The topological polar surface area (TPSA) is 59.1 Å². The van der Waals surface area contributed by atoms with Crippen LogP contribution in [0.15, 0.2) is 45.3 Å². The molecule has 0 radical (unpaired) electrons. The van der Waals surface area contributed by atoms with Crippen molar-refractivity contribution in [2.24, 2.45) is 0 Å². The van der Waals surface area contributed by atoms with E-state index < -0.39 is 0 Å². The highest BCUT2D eigenvalue weighted by atomic mass is 79.9. The molecule has 6 rings (SSSR count). The van der Waals surface area contributed by atoms with Crippen molar-refractivity contribution < 1.29 is 19.1 Å². The second-order valence-electron chi connectivity index (χ2n) is 8.22. The van der Waals surface area contributed by atoms with Gasteiger partial charge >= 0.3 is 12.2 Å². The lowest BCUT2D eigenvalue weighted by Gasteiger charge is -2.58. The summed E-state index contributed by atoms with van der Waals surface area (Å²) in [6, 6.07) is 10.5. The Hall–Kier alpha value is -2.06.